The Hall–Kier alpha value is -1.06. The number of rotatable bonds is 7. The summed E-state index contributed by atoms with van der Waals surface area (Å²) in [7, 11) is 3.72. The lowest BCUT2D eigenvalue weighted by Crippen LogP contribution is -2.29. The summed E-state index contributed by atoms with van der Waals surface area (Å²) in [5, 5.41) is 6.71. The van der Waals surface area contributed by atoms with Gasteiger partial charge in [-0.3, -0.25) is 0 Å². The summed E-state index contributed by atoms with van der Waals surface area (Å²) >= 11 is 0. The van der Waals surface area contributed by atoms with E-state index in [4.69, 9.17) is 4.74 Å². The average molecular weight is 236 g/mol. The van der Waals surface area contributed by atoms with Gasteiger partial charge in [-0.1, -0.05) is 26.0 Å². The van der Waals surface area contributed by atoms with Gasteiger partial charge >= 0.3 is 0 Å². The normalized spacial score (nSPS) is 12.5. The molecule has 0 heterocycles. The molecule has 1 atom stereocenters. The summed E-state index contributed by atoms with van der Waals surface area (Å²) in [4.78, 5) is 0. The smallest absolute Gasteiger partial charge is 0.122 e. The minimum Gasteiger partial charge on any atom is -0.496 e. The molecule has 0 saturated heterocycles. The van der Waals surface area contributed by atoms with Crippen LogP contribution in [-0.2, 0) is 6.42 Å². The van der Waals surface area contributed by atoms with Crippen molar-refractivity contribution in [3.63, 3.8) is 0 Å². The molecule has 3 heteroatoms. The van der Waals surface area contributed by atoms with Crippen LogP contribution in [0.2, 0.25) is 0 Å². The molecule has 2 N–H and O–H groups in total. The maximum atomic E-state index is 5.35. The van der Waals surface area contributed by atoms with Gasteiger partial charge in [0.25, 0.3) is 0 Å². The molecule has 0 bridgehead atoms. The Bertz CT molecular complexity index is 339. The van der Waals surface area contributed by atoms with E-state index >= 15 is 0 Å². The first-order chi connectivity index (χ1) is 8.26. The average Bonchev–Trinajstić information content (AvgIpc) is 2.39. The van der Waals surface area contributed by atoms with E-state index in [9.17, 15) is 0 Å². The Kier molecular flexibility index (Phi) is 6.01. The molecule has 0 aromatic heterocycles. The van der Waals surface area contributed by atoms with Crippen LogP contribution in [-0.4, -0.2) is 27.2 Å². The second-order valence-electron chi connectivity index (χ2n) is 4.07. The van der Waals surface area contributed by atoms with Gasteiger partial charge in [0.2, 0.25) is 0 Å². The fourth-order valence-electron chi connectivity index (χ4n) is 1.97. The summed E-state index contributed by atoms with van der Waals surface area (Å²) < 4.78 is 5.35. The third-order valence-electron chi connectivity index (χ3n) is 3.03. The van der Waals surface area contributed by atoms with Crippen molar-refractivity contribution in [1.29, 1.82) is 0 Å². The van der Waals surface area contributed by atoms with Crippen molar-refractivity contribution in [3.8, 4) is 5.75 Å². The molecule has 0 fully saturated rings. The number of ether oxygens (including phenoxy) is 1. The lowest BCUT2D eigenvalue weighted by atomic mass is 10.0. The highest BCUT2D eigenvalue weighted by molar-refractivity contribution is 5.38. The highest BCUT2D eigenvalue weighted by Gasteiger charge is 2.10. The van der Waals surface area contributed by atoms with Gasteiger partial charge in [-0.2, -0.15) is 0 Å². The van der Waals surface area contributed by atoms with E-state index in [2.05, 4.69) is 42.7 Å². The first-order valence-corrected chi connectivity index (χ1v) is 6.31. The van der Waals surface area contributed by atoms with E-state index in [0.29, 0.717) is 6.04 Å². The molecule has 1 aromatic carbocycles. The predicted octanol–water partition coefficient (Wildman–Crippen LogP) is 2.13. The molecule has 1 aromatic rings. The van der Waals surface area contributed by atoms with Crippen molar-refractivity contribution in [2.75, 3.05) is 27.2 Å². The van der Waals surface area contributed by atoms with Crippen LogP contribution >= 0.6 is 0 Å². The SMILES string of the molecule is CCNCC(NC)c1ccc(OC)c(CC)c1. The van der Waals surface area contributed by atoms with Gasteiger partial charge in [-0.15, -0.1) is 0 Å². The van der Waals surface area contributed by atoms with Crippen molar-refractivity contribution in [3.05, 3.63) is 29.3 Å². The van der Waals surface area contributed by atoms with Gasteiger partial charge in [-0.05, 0) is 37.2 Å². The van der Waals surface area contributed by atoms with Gasteiger partial charge in [-0.25, -0.2) is 0 Å². The molecule has 3 nitrogen and oxygen atoms in total. The van der Waals surface area contributed by atoms with Gasteiger partial charge in [0.1, 0.15) is 5.75 Å². The number of methoxy groups -OCH3 is 1. The van der Waals surface area contributed by atoms with Crippen LogP contribution in [0, 0.1) is 0 Å². The minimum absolute atomic E-state index is 0.353. The molecule has 0 spiro atoms. The van der Waals surface area contributed by atoms with E-state index in [0.717, 1.165) is 25.3 Å². The molecule has 17 heavy (non-hydrogen) atoms. The van der Waals surface area contributed by atoms with Gasteiger partial charge in [0, 0.05) is 12.6 Å². The van der Waals surface area contributed by atoms with Crippen LogP contribution in [0.4, 0.5) is 0 Å². The third kappa shape index (κ3) is 3.72. The van der Waals surface area contributed by atoms with Crippen LogP contribution in [0.5, 0.6) is 5.75 Å². The monoisotopic (exact) mass is 236 g/mol. The predicted molar refractivity (Wildman–Crippen MR) is 72.7 cm³/mol. The Morgan fingerprint density at radius 1 is 1.29 bits per heavy atom. The molecular weight excluding hydrogens is 212 g/mol. The molecule has 0 aliphatic carbocycles. The van der Waals surface area contributed by atoms with Crippen LogP contribution in [0.1, 0.15) is 31.0 Å². The molecule has 0 radical (unpaired) electrons. The standard InChI is InChI=1S/C14H24N2O/c1-5-11-9-12(7-8-14(11)17-4)13(15-3)10-16-6-2/h7-9,13,15-16H,5-6,10H2,1-4H3. The molecular formula is C14H24N2O. The zero-order valence-corrected chi connectivity index (χ0v) is 11.3. The first-order valence-electron chi connectivity index (χ1n) is 6.31. The molecule has 0 saturated carbocycles. The molecule has 96 valence electrons. The highest BCUT2D eigenvalue weighted by Crippen LogP contribution is 2.23. The molecule has 0 aliphatic heterocycles. The van der Waals surface area contributed by atoms with E-state index in [-0.39, 0.29) is 0 Å². The topological polar surface area (TPSA) is 33.3 Å². The van der Waals surface area contributed by atoms with Crippen molar-refractivity contribution in [1.82, 2.24) is 10.6 Å². The van der Waals surface area contributed by atoms with Crippen LogP contribution < -0.4 is 15.4 Å². The van der Waals surface area contributed by atoms with Gasteiger partial charge in [0.05, 0.1) is 7.11 Å². The molecule has 1 rings (SSSR count). The minimum atomic E-state index is 0.353. The Labute approximate surface area is 105 Å². The highest BCUT2D eigenvalue weighted by atomic mass is 16.5. The van der Waals surface area contributed by atoms with Crippen molar-refractivity contribution in [2.24, 2.45) is 0 Å². The molecule has 0 amide bonds. The van der Waals surface area contributed by atoms with E-state index in [1.165, 1.54) is 11.1 Å². The lowest BCUT2D eigenvalue weighted by Gasteiger charge is -2.18. The lowest BCUT2D eigenvalue weighted by molar-refractivity contribution is 0.409. The third-order valence-corrected chi connectivity index (χ3v) is 3.03. The van der Waals surface area contributed by atoms with Crippen molar-refractivity contribution in [2.45, 2.75) is 26.3 Å². The first kappa shape index (κ1) is 14.0. The maximum Gasteiger partial charge on any atom is 0.122 e. The summed E-state index contributed by atoms with van der Waals surface area (Å²) in [5.74, 6) is 0.981. The van der Waals surface area contributed by atoms with Crippen LogP contribution in [0.15, 0.2) is 18.2 Å². The number of hydrogen-bond donors (Lipinski definition) is 2. The Morgan fingerprint density at radius 2 is 2.06 bits per heavy atom. The van der Waals surface area contributed by atoms with E-state index < -0.39 is 0 Å². The maximum absolute atomic E-state index is 5.35. The summed E-state index contributed by atoms with van der Waals surface area (Å²) in [6.45, 7) is 6.22. The number of likely N-dealkylation sites (N-methyl/N-ethyl adjacent to an activating group) is 2. The van der Waals surface area contributed by atoms with Crippen molar-refractivity contribution >= 4 is 0 Å². The number of benzene rings is 1. The van der Waals surface area contributed by atoms with Crippen LogP contribution in [0.3, 0.4) is 0 Å². The zero-order chi connectivity index (χ0) is 12.7. The Morgan fingerprint density at radius 3 is 2.59 bits per heavy atom. The van der Waals surface area contributed by atoms with Crippen LogP contribution in [0.25, 0.3) is 0 Å². The number of nitrogens with one attached hydrogen (secondary N) is 2. The molecule has 0 aliphatic rings. The van der Waals surface area contributed by atoms with E-state index in [1.54, 1.807) is 7.11 Å². The molecule has 1 unspecified atom stereocenters. The largest absolute Gasteiger partial charge is 0.496 e. The van der Waals surface area contributed by atoms with Gasteiger partial charge < -0.3 is 15.4 Å². The number of hydrogen-bond acceptors (Lipinski definition) is 3. The second-order valence-corrected chi connectivity index (χ2v) is 4.07. The Balaban J connectivity index is 2.88. The van der Waals surface area contributed by atoms with Crippen molar-refractivity contribution < 1.29 is 4.74 Å². The zero-order valence-electron chi connectivity index (χ0n) is 11.3. The van der Waals surface area contributed by atoms with E-state index in [1.807, 2.05) is 7.05 Å². The quantitative estimate of drug-likeness (QED) is 0.761. The summed E-state index contributed by atoms with van der Waals surface area (Å²) in [5.41, 5.74) is 2.58. The fraction of sp³-hybridized carbons (Fsp3) is 0.571. The summed E-state index contributed by atoms with van der Waals surface area (Å²) in [6, 6.07) is 6.78. The van der Waals surface area contributed by atoms with Gasteiger partial charge in [0.15, 0.2) is 0 Å². The number of aryl methyl sites for hydroxylation is 1. The second kappa shape index (κ2) is 7.30. The summed E-state index contributed by atoms with van der Waals surface area (Å²) in [6.07, 6.45) is 0.995. The fourth-order valence-corrected chi connectivity index (χ4v) is 1.97.